The van der Waals surface area contributed by atoms with Gasteiger partial charge in [0.2, 0.25) is 5.82 Å². The van der Waals surface area contributed by atoms with Crippen molar-refractivity contribution in [2.45, 2.75) is 32.6 Å². The van der Waals surface area contributed by atoms with Gasteiger partial charge in [0.15, 0.2) is 11.6 Å². The number of benzene rings is 2. The molecule has 0 radical (unpaired) electrons. The Bertz CT molecular complexity index is 752. The van der Waals surface area contributed by atoms with Gasteiger partial charge >= 0.3 is 5.97 Å². The van der Waals surface area contributed by atoms with Crippen molar-refractivity contribution in [2.75, 3.05) is 5.73 Å². The van der Waals surface area contributed by atoms with E-state index in [4.69, 9.17) is 10.5 Å². The Morgan fingerprint density at radius 3 is 2.57 bits per heavy atom. The summed E-state index contributed by atoms with van der Waals surface area (Å²) in [6.07, 6.45) is 3.34. The number of carbonyl (C=O) groups excluding carboxylic acids is 1. The predicted molar refractivity (Wildman–Crippen MR) is 85.0 cm³/mol. The Balaban J connectivity index is 1.92. The molecule has 0 saturated heterocycles. The molecule has 0 atom stereocenters. The summed E-state index contributed by atoms with van der Waals surface area (Å²) < 4.78 is 33.2. The first-order valence-corrected chi connectivity index (χ1v) is 7.84. The number of nitrogen functional groups attached to an aromatic ring is 1. The number of rotatable bonds is 2. The van der Waals surface area contributed by atoms with Crippen molar-refractivity contribution in [1.29, 1.82) is 0 Å². The molecule has 0 amide bonds. The van der Waals surface area contributed by atoms with Crippen LogP contribution in [0.25, 0.3) is 10.8 Å². The minimum Gasteiger partial charge on any atom is -0.422 e. The molecule has 3 rings (SSSR count). The zero-order valence-electron chi connectivity index (χ0n) is 12.9. The van der Waals surface area contributed by atoms with Gasteiger partial charge in [-0.05, 0) is 61.3 Å². The highest BCUT2D eigenvalue weighted by atomic mass is 19.2. The Kier molecular flexibility index (Phi) is 4.20. The lowest BCUT2D eigenvalue weighted by molar-refractivity contribution is -0.140. The van der Waals surface area contributed by atoms with E-state index < -0.39 is 17.6 Å². The summed E-state index contributed by atoms with van der Waals surface area (Å²) in [5.41, 5.74) is 6.10. The molecule has 3 nitrogen and oxygen atoms in total. The fourth-order valence-corrected chi connectivity index (χ4v) is 3.11. The zero-order chi connectivity index (χ0) is 16.6. The number of hydrogen-bond acceptors (Lipinski definition) is 3. The fourth-order valence-electron chi connectivity index (χ4n) is 3.11. The summed E-state index contributed by atoms with van der Waals surface area (Å²) in [6.45, 7) is 2.14. The maximum atomic E-state index is 14.1. The van der Waals surface area contributed by atoms with Crippen LogP contribution in [0, 0.1) is 23.5 Å². The Labute approximate surface area is 133 Å². The van der Waals surface area contributed by atoms with Crippen molar-refractivity contribution in [3.05, 3.63) is 35.9 Å². The van der Waals surface area contributed by atoms with E-state index in [1.54, 1.807) is 12.1 Å². The molecule has 0 bridgehead atoms. The molecule has 1 fully saturated rings. The molecule has 1 aliphatic rings. The smallest absolute Gasteiger partial charge is 0.314 e. The van der Waals surface area contributed by atoms with E-state index in [1.807, 2.05) is 0 Å². The highest BCUT2D eigenvalue weighted by Crippen LogP contribution is 2.34. The van der Waals surface area contributed by atoms with Crippen LogP contribution in [0.4, 0.5) is 14.5 Å². The molecule has 1 aliphatic carbocycles. The quantitative estimate of drug-likeness (QED) is 0.506. The minimum atomic E-state index is -1.14. The number of fused-ring (bicyclic) bond motifs is 1. The number of carbonyl (C=O) groups is 1. The maximum absolute atomic E-state index is 14.1. The van der Waals surface area contributed by atoms with Gasteiger partial charge in [0.05, 0.1) is 5.92 Å². The molecule has 0 aliphatic heterocycles. The van der Waals surface area contributed by atoms with Gasteiger partial charge in [0.1, 0.15) is 0 Å². The second-order valence-corrected chi connectivity index (χ2v) is 6.36. The second kappa shape index (κ2) is 6.14. The molecule has 2 aromatic carbocycles. The molecular weight excluding hydrogens is 300 g/mol. The van der Waals surface area contributed by atoms with Crippen LogP contribution < -0.4 is 10.5 Å². The van der Waals surface area contributed by atoms with Crippen LogP contribution in [-0.4, -0.2) is 5.97 Å². The zero-order valence-corrected chi connectivity index (χ0v) is 12.9. The monoisotopic (exact) mass is 319 g/mol. The van der Waals surface area contributed by atoms with Crippen molar-refractivity contribution in [3.63, 3.8) is 0 Å². The maximum Gasteiger partial charge on any atom is 0.314 e. The van der Waals surface area contributed by atoms with E-state index in [-0.39, 0.29) is 11.7 Å². The lowest BCUT2D eigenvalue weighted by Gasteiger charge is -2.24. The number of nitrogens with two attached hydrogens (primary N) is 1. The highest BCUT2D eigenvalue weighted by Gasteiger charge is 2.28. The highest BCUT2D eigenvalue weighted by molar-refractivity contribution is 5.92. The van der Waals surface area contributed by atoms with Crippen LogP contribution in [-0.2, 0) is 4.79 Å². The molecule has 2 aromatic rings. The van der Waals surface area contributed by atoms with Gasteiger partial charge in [0.25, 0.3) is 0 Å². The van der Waals surface area contributed by atoms with Crippen LogP contribution in [0.2, 0.25) is 0 Å². The van der Waals surface area contributed by atoms with Crippen LogP contribution in [0.3, 0.4) is 0 Å². The number of ether oxygens (including phenoxy) is 1. The summed E-state index contributed by atoms with van der Waals surface area (Å²) in [7, 11) is 0. The van der Waals surface area contributed by atoms with Gasteiger partial charge in [0, 0.05) is 11.1 Å². The molecule has 23 heavy (non-hydrogen) atoms. The average Bonchev–Trinajstić information content (AvgIpc) is 2.52. The van der Waals surface area contributed by atoms with Gasteiger partial charge in [-0.3, -0.25) is 4.79 Å². The third-order valence-electron chi connectivity index (χ3n) is 4.56. The van der Waals surface area contributed by atoms with Gasteiger partial charge in [-0.25, -0.2) is 4.39 Å². The van der Waals surface area contributed by atoms with E-state index in [2.05, 4.69) is 6.92 Å². The molecule has 0 aromatic heterocycles. The van der Waals surface area contributed by atoms with E-state index in [0.29, 0.717) is 22.4 Å². The van der Waals surface area contributed by atoms with Crippen molar-refractivity contribution in [2.24, 2.45) is 11.8 Å². The van der Waals surface area contributed by atoms with Crippen molar-refractivity contribution < 1.29 is 18.3 Å². The topological polar surface area (TPSA) is 52.3 Å². The summed E-state index contributed by atoms with van der Waals surface area (Å²) in [4.78, 5) is 12.3. The van der Waals surface area contributed by atoms with Crippen LogP contribution >= 0.6 is 0 Å². The van der Waals surface area contributed by atoms with Crippen molar-refractivity contribution in [3.8, 4) is 5.75 Å². The van der Waals surface area contributed by atoms with Gasteiger partial charge < -0.3 is 10.5 Å². The first kappa shape index (κ1) is 15.7. The minimum absolute atomic E-state index is 0.252. The number of hydrogen-bond donors (Lipinski definition) is 1. The normalized spacial score (nSPS) is 21.3. The Hall–Kier alpha value is -2.17. The van der Waals surface area contributed by atoms with E-state index >= 15 is 0 Å². The lowest BCUT2D eigenvalue weighted by atomic mass is 9.83. The molecule has 5 heteroatoms. The number of halogens is 2. The largest absolute Gasteiger partial charge is 0.422 e. The predicted octanol–water partition coefficient (Wildman–Crippen LogP) is 4.43. The van der Waals surface area contributed by atoms with Gasteiger partial charge in [-0.15, -0.1) is 0 Å². The average molecular weight is 319 g/mol. The summed E-state index contributed by atoms with van der Waals surface area (Å²) in [5, 5.41) is 0.750. The van der Waals surface area contributed by atoms with Crippen LogP contribution in [0.5, 0.6) is 5.75 Å². The number of anilines is 1. The molecule has 0 heterocycles. The third kappa shape index (κ3) is 3.14. The lowest BCUT2D eigenvalue weighted by Crippen LogP contribution is -2.25. The third-order valence-corrected chi connectivity index (χ3v) is 4.56. The molecular formula is C18H19F2NO2. The molecule has 122 valence electrons. The first-order chi connectivity index (χ1) is 11.0. The SMILES string of the molecule is CC1CCC(C(=O)Oc2c(F)c(F)cc3cc(N)ccc23)CC1. The summed E-state index contributed by atoms with van der Waals surface area (Å²) in [6, 6.07) is 5.69. The van der Waals surface area contributed by atoms with Crippen molar-refractivity contribution >= 4 is 22.4 Å². The van der Waals surface area contributed by atoms with E-state index in [1.165, 1.54) is 6.07 Å². The van der Waals surface area contributed by atoms with E-state index in [0.717, 1.165) is 31.7 Å². The molecule has 2 N–H and O–H groups in total. The summed E-state index contributed by atoms with van der Waals surface area (Å²) in [5.74, 6) is -2.68. The Morgan fingerprint density at radius 2 is 1.87 bits per heavy atom. The van der Waals surface area contributed by atoms with E-state index in [9.17, 15) is 13.6 Å². The Morgan fingerprint density at radius 1 is 1.17 bits per heavy atom. The molecule has 0 unspecified atom stereocenters. The standard InChI is InChI=1S/C18H19F2NO2/c1-10-2-4-11(5-3-10)18(22)23-17-14-7-6-13(21)8-12(14)9-15(19)16(17)20/h6-11H,2-5,21H2,1H3. The van der Waals surface area contributed by atoms with Crippen LogP contribution in [0.15, 0.2) is 24.3 Å². The van der Waals surface area contributed by atoms with Gasteiger partial charge in [-0.2, -0.15) is 4.39 Å². The van der Waals surface area contributed by atoms with Crippen LogP contribution in [0.1, 0.15) is 32.6 Å². The molecule has 0 spiro atoms. The fraction of sp³-hybridized carbons (Fsp3) is 0.389. The first-order valence-electron chi connectivity index (χ1n) is 7.84. The number of esters is 1. The van der Waals surface area contributed by atoms with Gasteiger partial charge in [-0.1, -0.05) is 6.92 Å². The second-order valence-electron chi connectivity index (χ2n) is 6.36. The molecule has 1 saturated carbocycles. The summed E-state index contributed by atoms with van der Waals surface area (Å²) >= 11 is 0. The van der Waals surface area contributed by atoms with Crippen molar-refractivity contribution in [1.82, 2.24) is 0 Å².